The topological polar surface area (TPSA) is 109 Å². The Bertz CT molecular complexity index is 1190. The van der Waals surface area contributed by atoms with Gasteiger partial charge >= 0.3 is 12.1 Å². The summed E-state index contributed by atoms with van der Waals surface area (Å²) in [5, 5.41) is 11.9. The molecular weight excluding hydrogens is 448 g/mol. The fourth-order valence-corrected chi connectivity index (χ4v) is 4.70. The van der Waals surface area contributed by atoms with Crippen LogP contribution in [0.5, 0.6) is 0 Å². The van der Waals surface area contributed by atoms with Crippen LogP contribution in [-0.4, -0.2) is 46.7 Å². The van der Waals surface area contributed by atoms with E-state index in [4.69, 9.17) is 9.15 Å². The second-order valence-electron chi connectivity index (χ2n) is 8.90. The Hall–Kier alpha value is -4.07. The maximum absolute atomic E-state index is 13.3. The molecule has 1 heterocycles. The fraction of sp³-hybridized carbons (Fsp3) is 0.296. The van der Waals surface area contributed by atoms with Crippen LogP contribution in [-0.2, 0) is 20.9 Å². The highest BCUT2D eigenvalue weighted by molar-refractivity contribution is 5.89. The van der Waals surface area contributed by atoms with Crippen molar-refractivity contribution in [1.82, 2.24) is 10.2 Å². The number of aliphatic carboxylic acids is 1. The summed E-state index contributed by atoms with van der Waals surface area (Å²) < 4.78 is 10.9. The predicted octanol–water partition coefficient (Wildman–Crippen LogP) is 4.15. The van der Waals surface area contributed by atoms with E-state index in [1.807, 2.05) is 48.5 Å². The average molecular weight is 475 g/mol. The first-order valence-corrected chi connectivity index (χ1v) is 11.7. The van der Waals surface area contributed by atoms with Crippen molar-refractivity contribution >= 4 is 18.0 Å². The molecule has 0 bridgehead atoms. The Morgan fingerprint density at radius 3 is 2.23 bits per heavy atom. The van der Waals surface area contributed by atoms with Gasteiger partial charge in [0.15, 0.2) is 0 Å². The summed E-state index contributed by atoms with van der Waals surface area (Å²) in [7, 11) is 0. The maximum Gasteiger partial charge on any atom is 0.407 e. The summed E-state index contributed by atoms with van der Waals surface area (Å²) in [6, 6.07) is 18.2. The Kier molecular flexibility index (Phi) is 6.27. The number of hydrogen-bond acceptors (Lipinski definition) is 5. The van der Waals surface area contributed by atoms with Crippen LogP contribution in [0.15, 0.2) is 71.3 Å². The summed E-state index contributed by atoms with van der Waals surface area (Å²) in [5.74, 6) is -1.18. The standard InChI is InChI=1S/C27H26N2O6/c30-25(31)14-24(26(32)29(17-11-12-17)15-18-6-5-13-34-18)28-27(33)35-16-23-21-9-3-1-7-19(21)20-8-2-4-10-22(20)23/h1-10,13,17,23-24H,11-12,14-16H2,(H,28,33)(H,30,31). The van der Waals surface area contributed by atoms with Crippen molar-refractivity contribution in [3.05, 3.63) is 83.8 Å². The second kappa shape index (κ2) is 9.66. The number of furan rings is 1. The summed E-state index contributed by atoms with van der Waals surface area (Å²) in [6.07, 6.45) is 1.83. The van der Waals surface area contributed by atoms with Gasteiger partial charge in [-0.25, -0.2) is 4.79 Å². The number of benzene rings is 2. The third-order valence-electron chi connectivity index (χ3n) is 6.49. The molecule has 2 aliphatic carbocycles. The molecule has 8 heteroatoms. The van der Waals surface area contributed by atoms with Crippen LogP contribution in [0.3, 0.4) is 0 Å². The Balaban J connectivity index is 1.27. The van der Waals surface area contributed by atoms with E-state index >= 15 is 0 Å². The van der Waals surface area contributed by atoms with Gasteiger partial charge in [0.1, 0.15) is 18.4 Å². The molecule has 0 aliphatic heterocycles. The van der Waals surface area contributed by atoms with Crippen LogP contribution in [0, 0.1) is 0 Å². The van der Waals surface area contributed by atoms with Crippen LogP contribution in [0.2, 0.25) is 0 Å². The molecule has 0 saturated heterocycles. The van der Waals surface area contributed by atoms with Crippen LogP contribution in [0.4, 0.5) is 4.79 Å². The Labute approximate surface area is 202 Å². The molecule has 1 aromatic heterocycles. The van der Waals surface area contributed by atoms with E-state index in [9.17, 15) is 19.5 Å². The van der Waals surface area contributed by atoms with Gasteiger partial charge in [0.25, 0.3) is 0 Å². The first-order valence-electron chi connectivity index (χ1n) is 11.7. The number of carbonyl (C=O) groups excluding carboxylic acids is 2. The molecule has 1 unspecified atom stereocenters. The van der Waals surface area contributed by atoms with Crippen molar-refractivity contribution in [2.45, 2.75) is 43.8 Å². The van der Waals surface area contributed by atoms with Gasteiger partial charge in [0.2, 0.25) is 5.91 Å². The van der Waals surface area contributed by atoms with Crippen molar-refractivity contribution in [2.24, 2.45) is 0 Å². The zero-order valence-electron chi connectivity index (χ0n) is 19.1. The number of nitrogens with one attached hydrogen (secondary N) is 1. The maximum atomic E-state index is 13.3. The number of amides is 2. The highest BCUT2D eigenvalue weighted by atomic mass is 16.5. The third kappa shape index (κ3) is 4.91. The van der Waals surface area contributed by atoms with Gasteiger partial charge in [-0.2, -0.15) is 0 Å². The number of carbonyl (C=O) groups is 3. The molecule has 1 saturated carbocycles. The lowest BCUT2D eigenvalue weighted by Gasteiger charge is -2.26. The number of alkyl carbamates (subject to hydrolysis) is 1. The number of ether oxygens (including phenoxy) is 1. The van der Waals surface area contributed by atoms with Crippen molar-refractivity contribution in [1.29, 1.82) is 0 Å². The lowest BCUT2D eigenvalue weighted by molar-refractivity contribution is -0.143. The number of carboxylic acid groups (broad SMARTS) is 1. The highest BCUT2D eigenvalue weighted by Gasteiger charge is 2.38. The summed E-state index contributed by atoms with van der Waals surface area (Å²) in [4.78, 5) is 39.1. The number of fused-ring (bicyclic) bond motifs is 3. The monoisotopic (exact) mass is 474 g/mol. The first kappa shape index (κ1) is 22.7. The van der Waals surface area contributed by atoms with Gasteiger partial charge in [0.05, 0.1) is 19.2 Å². The largest absolute Gasteiger partial charge is 0.481 e. The first-order chi connectivity index (χ1) is 17.0. The smallest absolute Gasteiger partial charge is 0.407 e. The molecule has 0 radical (unpaired) electrons. The van der Waals surface area contributed by atoms with E-state index in [-0.39, 0.29) is 25.1 Å². The molecule has 2 N–H and O–H groups in total. The van der Waals surface area contributed by atoms with Gasteiger partial charge in [-0.15, -0.1) is 0 Å². The number of hydrogen-bond donors (Lipinski definition) is 2. The molecule has 35 heavy (non-hydrogen) atoms. The van der Waals surface area contributed by atoms with Gasteiger partial charge in [-0.3, -0.25) is 9.59 Å². The molecule has 2 aliphatic rings. The molecular formula is C27H26N2O6. The number of rotatable bonds is 9. The van der Waals surface area contributed by atoms with Crippen molar-refractivity contribution in [2.75, 3.05) is 6.61 Å². The fourth-order valence-electron chi connectivity index (χ4n) is 4.70. The van der Waals surface area contributed by atoms with Gasteiger partial charge in [0, 0.05) is 12.0 Å². The zero-order chi connectivity index (χ0) is 24.4. The number of carboxylic acids is 1. The Morgan fingerprint density at radius 2 is 1.66 bits per heavy atom. The predicted molar refractivity (Wildman–Crippen MR) is 127 cm³/mol. The molecule has 1 atom stereocenters. The van der Waals surface area contributed by atoms with Gasteiger partial charge in [-0.1, -0.05) is 48.5 Å². The molecule has 8 nitrogen and oxygen atoms in total. The van der Waals surface area contributed by atoms with Gasteiger partial charge in [-0.05, 0) is 47.2 Å². The van der Waals surface area contributed by atoms with Crippen LogP contribution in [0.25, 0.3) is 11.1 Å². The lowest BCUT2D eigenvalue weighted by atomic mass is 9.98. The van der Waals surface area contributed by atoms with Crippen LogP contribution in [0.1, 0.15) is 42.1 Å². The second-order valence-corrected chi connectivity index (χ2v) is 8.90. The van der Waals surface area contributed by atoms with Gasteiger partial charge < -0.3 is 24.5 Å². The number of nitrogens with zero attached hydrogens (tertiary/aromatic N) is 1. The minimum atomic E-state index is -1.24. The quantitative estimate of drug-likeness (QED) is 0.482. The molecule has 180 valence electrons. The van der Waals surface area contributed by atoms with E-state index in [0.29, 0.717) is 5.76 Å². The summed E-state index contributed by atoms with van der Waals surface area (Å²) in [6.45, 7) is 0.297. The SMILES string of the molecule is O=C(O)CC(NC(=O)OCC1c2ccccc2-c2ccccc21)C(=O)N(Cc1ccco1)C1CC1. The molecule has 1 fully saturated rings. The van der Waals surface area contributed by atoms with Crippen molar-refractivity contribution in [3.63, 3.8) is 0 Å². The minimum absolute atomic E-state index is 0.00760. The lowest BCUT2D eigenvalue weighted by Crippen LogP contribution is -2.50. The molecule has 3 aromatic rings. The van der Waals surface area contributed by atoms with Crippen molar-refractivity contribution in [3.8, 4) is 11.1 Å². The van der Waals surface area contributed by atoms with E-state index in [1.165, 1.54) is 6.26 Å². The van der Waals surface area contributed by atoms with Crippen molar-refractivity contribution < 1.29 is 28.6 Å². The van der Waals surface area contributed by atoms with E-state index in [0.717, 1.165) is 35.1 Å². The normalized spacial score (nSPS) is 15.1. The van der Waals surface area contributed by atoms with Crippen LogP contribution >= 0.6 is 0 Å². The molecule has 5 rings (SSSR count). The Morgan fingerprint density at radius 1 is 1.00 bits per heavy atom. The van der Waals surface area contributed by atoms with Crippen LogP contribution < -0.4 is 5.32 Å². The highest BCUT2D eigenvalue weighted by Crippen LogP contribution is 2.44. The van der Waals surface area contributed by atoms with E-state index < -0.39 is 30.4 Å². The van der Waals surface area contributed by atoms with E-state index in [2.05, 4.69) is 5.32 Å². The molecule has 2 amide bonds. The average Bonchev–Trinajstić information content (AvgIpc) is 3.46. The minimum Gasteiger partial charge on any atom is -0.481 e. The molecule has 2 aromatic carbocycles. The summed E-state index contributed by atoms with van der Waals surface area (Å²) >= 11 is 0. The molecule has 0 spiro atoms. The zero-order valence-corrected chi connectivity index (χ0v) is 19.1. The third-order valence-corrected chi connectivity index (χ3v) is 6.49. The van der Waals surface area contributed by atoms with E-state index in [1.54, 1.807) is 17.0 Å². The summed E-state index contributed by atoms with van der Waals surface area (Å²) in [5.41, 5.74) is 4.35.